The minimum Gasteiger partial charge on any atom is -0.493 e. The Bertz CT molecular complexity index is 1440. The molecular formula is C28H28FN7O2. The number of carbonyl (C=O) groups excluding carboxylic acids is 1. The summed E-state index contributed by atoms with van der Waals surface area (Å²) in [6, 6.07) is 15.2. The van der Waals surface area contributed by atoms with Gasteiger partial charge in [0.1, 0.15) is 11.6 Å². The monoisotopic (exact) mass is 513 g/mol. The molecule has 9 nitrogen and oxygen atoms in total. The molecule has 2 aliphatic rings. The van der Waals surface area contributed by atoms with Gasteiger partial charge < -0.3 is 20.7 Å². The number of piperidine rings is 1. The van der Waals surface area contributed by atoms with Crippen molar-refractivity contribution in [3.8, 4) is 17.1 Å². The molecule has 38 heavy (non-hydrogen) atoms. The van der Waals surface area contributed by atoms with E-state index in [1.807, 2.05) is 30.3 Å². The zero-order chi connectivity index (χ0) is 26.0. The Balaban J connectivity index is 1.23. The molecule has 0 radical (unpaired) electrons. The Kier molecular flexibility index (Phi) is 6.47. The number of ether oxygens (including phenoxy) is 1. The fraction of sp³-hybridized carbons (Fsp3) is 0.286. The minimum absolute atomic E-state index is 0.227. The Morgan fingerprint density at radius 3 is 2.76 bits per heavy atom. The van der Waals surface area contributed by atoms with Crippen LogP contribution in [0, 0.1) is 5.82 Å². The lowest BCUT2D eigenvalue weighted by Crippen LogP contribution is -2.46. The zero-order valence-corrected chi connectivity index (χ0v) is 20.7. The SMILES string of the molecule is O=C(N[C@H]1CCOc2ccc(F)cc21)c1cccc(NC2(c3nc(-c4ccncc4)n[nH]3)CCNCC2)c1. The van der Waals surface area contributed by atoms with Crippen molar-refractivity contribution in [3.05, 3.63) is 89.8 Å². The van der Waals surface area contributed by atoms with Crippen LogP contribution in [0.2, 0.25) is 0 Å². The Hall–Kier alpha value is -4.31. The quantitative estimate of drug-likeness (QED) is 0.308. The van der Waals surface area contributed by atoms with E-state index in [0.717, 1.165) is 43.0 Å². The van der Waals surface area contributed by atoms with Gasteiger partial charge in [-0.15, -0.1) is 0 Å². The van der Waals surface area contributed by atoms with E-state index in [0.29, 0.717) is 35.7 Å². The summed E-state index contributed by atoms with van der Waals surface area (Å²) < 4.78 is 19.5. The van der Waals surface area contributed by atoms with E-state index in [-0.39, 0.29) is 17.8 Å². The lowest BCUT2D eigenvalue weighted by molar-refractivity contribution is 0.0924. The van der Waals surface area contributed by atoms with Gasteiger partial charge in [-0.2, -0.15) is 5.10 Å². The van der Waals surface area contributed by atoms with Crippen LogP contribution in [0.1, 0.15) is 47.1 Å². The van der Waals surface area contributed by atoms with Crippen LogP contribution in [0.25, 0.3) is 11.4 Å². The number of benzene rings is 2. The molecule has 1 atom stereocenters. The molecule has 4 N–H and O–H groups in total. The maximum absolute atomic E-state index is 13.9. The average Bonchev–Trinajstić information content (AvgIpc) is 3.46. The molecule has 0 spiro atoms. The molecule has 4 heterocycles. The zero-order valence-electron chi connectivity index (χ0n) is 20.7. The molecule has 10 heteroatoms. The van der Waals surface area contributed by atoms with Crippen molar-refractivity contribution in [1.82, 2.24) is 30.8 Å². The Labute approximate surface area is 219 Å². The number of amides is 1. The summed E-state index contributed by atoms with van der Waals surface area (Å²) in [6.07, 6.45) is 5.59. The molecule has 2 aliphatic heterocycles. The number of aromatic amines is 1. The molecule has 194 valence electrons. The van der Waals surface area contributed by atoms with Crippen LogP contribution < -0.4 is 20.7 Å². The molecule has 1 saturated heterocycles. The maximum Gasteiger partial charge on any atom is 0.251 e. The van der Waals surface area contributed by atoms with Crippen molar-refractivity contribution in [1.29, 1.82) is 0 Å². The van der Waals surface area contributed by atoms with Gasteiger partial charge in [0, 0.05) is 41.2 Å². The number of pyridine rings is 1. The summed E-state index contributed by atoms with van der Waals surface area (Å²) in [5, 5.41) is 17.7. The van der Waals surface area contributed by atoms with Crippen molar-refractivity contribution < 1.29 is 13.9 Å². The van der Waals surface area contributed by atoms with Crippen LogP contribution in [-0.2, 0) is 5.54 Å². The first-order chi connectivity index (χ1) is 18.6. The van der Waals surface area contributed by atoms with Gasteiger partial charge in [-0.3, -0.25) is 14.9 Å². The van der Waals surface area contributed by atoms with Crippen molar-refractivity contribution >= 4 is 11.6 Å². The third-order valence-corrected chi connectivity index (χ3v) is 7.16. The first-order valence-electron chi connectivity index (χ1n) is 12.7. The first kappa shape index (κ1) is 24.1. The number of aromatic nitrogens is 4. The van der Waals surface area contributed by atoms with Gasteiger partial charge in [0.2, 0.25) is 0 Å². The van der Waals surface area contributed by atoms with Crippen LogP contribution in [-0.4, -0.2) is 45.8 Å². The molecule has 0 bridgehead atoms. The van der Waals surface area contributed by atoms with E-state index in [1.165, 1.54) is 12.1 Å². The van der Waals surface area contributed by atoms with E-state index in [9.17, 15) is 9.18 Å². The molecule has 0 saturated carbocycles. The maximum atomic E-state index is 13.9. The topological polar surface area (TPSA) is 117 Å². The fourth-order valence-corrected chi connectivity index (χ4v) is 5.15. The molecule has 1 amide bonds. The van der Waals surface area contributed by atoms with Gasteiger partial charge in [-0.1, -0.05) is 6.07 Å². The number of carbonyl (C=O) groups is 1. The predicted molar refractivity (Wildman–Crippen MR) is 140 cm³/mol. The summed E-state index contributed by atoms with van der Waals surface area (Å²) in [7, 11) is 0. The van der Waals surface area contributed by atoms with Crippen LogP contribution in [0.3, 0.4) is 0 Å². The Morgan fingerprint density at radius 2 is 1.92 bits per heavy atom. The van der Waals surface area contributed by atoms with E-state index < -0.39 is 5.54 Å². The molecule has 4 aromatic rings. The lowest BCUT2D eigenvalue weighted by atomic mass is 9.87. The largest absolute Gasteiger partial charge is 0.493 e. The minimum atomic E-state index is -0.476. The van der Waals surface area contributed by atoms with Gasteiger partial charge in [-0.25, -0.2) is 9.37 Å². The van der Waals surface area contributed by atoms with Crippen LogP contribution in [0.15, 0.2) is 67.0 Å². The second kappa shape index (κ2) is 10.2. The number of halogens is 1. The number of rotatable bonds is 6. The second-order valence-corrected chi connectivity index (χ2v) is 9.63. The van der Waals surface area contributed by atoms with Crippen molar-refractivity contribution in [2.45, 2.75) is 30.8 Å². The Morgan fingerprint density at radius 1 is 1.08 bits per heavy atom. The highest BCUT2D eigenvalue weighted by Gasteiger charge is 2.37. The number of nitrogens with zero attached hydrogens (tertiary/aromatic N) is 3. The highest BCUT2D eigenvalue weighted by Crippen LogP contribution is 2.35. The van der Waals surface area contributed by atoms with Gasteiger partial charge >= 0.3 is 0 Å². The standard InChI is InChI=1S/C28H28FN7O2/c29-20-4-5-24-22(17-20)23(8-15-38-24)32-26(37)19-2-1-3-21(16-19)34-28(9-13-31-14-10-28)27-33-25(35-36-27)18-6-11-30-12-7-18/h1-7,11-12,16-17,23,31,34H,8-10,13-15H2,(H,32,37)(H,33,35,36)/t23-/m0/s1. The van der Waals surface area contributed by atoms with Gasteiger partial charge in [-0.05, 0) is 74.5 Å². The van der Waals surface area contributed by atoms with E-state index >= 15 is 0 Å². The highest BCUT2D eigenvalue weighted by atomic mass is 19.1. The first-order valence-corrected chi connectivity index (χ1v) is 12.7. The molecular weight excluding hydrogens is 485 g/mol. The summed E-state index contributed by atoms with van der Waals surface area (Å²) in [5.41, 5.74) is 2.39. The molecule has 0 unspecified atom stereocenters. The van der Waals surface area contributed by atoms with Gasteiger partial charge in [0.25, 0.3) is 5.91 Å². The number of anilines is 1. The fourth-order valence-electron chi connectivity index (χ4n) is 5.15. The number of nitrogens with one attached hydrogen (secondary N) is 4. The highest BCUT2D eigenvalue weighted by molar-refractivity contribution is 5.95. The van der Waals surface area contributed by atoms with E-state index in [4.69, 9.17) is 9.72 Å². The molecule has 2 aromatic carbocycles. The smallest absolute Gasteiger partial charge is 0.251 e. The molecule has 1 fully saturated rings. The lowest BCUT2D eigenvalue weighted by Gasteiger charge is -2.37. The van der Waals surface area contributed by atoms with Crippen molar-refractivity contribution in [3.63, 3.8) is 0 Å². The third-order valence-electron chi connectivity index (χ3n) is 7.16. The summed E-state index contributed by atoms with van der Waals surface area (Å²) >= 11 is 0. The van der Waals surface area contributed by atoms with Gasteiger partial charge in [0.15, 0.2) is 11.6 Å². The third kappa shape index (κ3) is 4.82. The number of hydrogen-bond acceptors (Lipinski definition) is 7. The van der Waals surface area contributed by atoms with Crippen molar-refractivity contribution in [2.75, 3.05) is 25.0 Å². The number of H-pyrrole nitrogens is 1. The summed E-state index contributed by atoms with van der Waals surface area (Å²) in [6.45, 7) is 2.09. The molecule has 0 aliphatic carbocycles. The number of hydrogen-bond donors (Lipinski definition) is 4. The number of fused-ring (bicyclic) bond motifs is 1. The second-order valence-electron chi connectivity index (χ2n) is 9.63. The van der Waals surface area contributed by atoms with E-state index in [1.54, 1.807) is 24.5 Å². The molecule has 2 aromatic heterocycles. The van der Waals surface area contributed by atoms with Gasteiger partial charge in [0.05, 0.1) is 18.2 Å². The average molecular weight is 514 g/mol. The van der Waals surface area contributed by atoms with Crippen LogP contribution >= 0.6 is 0 Å². The summed E-state index contributed by atoms with van der Waals surface area (Å²) in [5.74, 6) is 1.38. The van der Waals surface area contributed by atoms with Crippen LogP contribution in [0.5, 0.6) is 5.75 Å². The predicted octanol–water partition coefficient (Wildman–Crippen LogP) is 3.95. The van der Waals surface area contributed by atoms with Crippen LogP contribution in [0.4, 0.5) is 10.1 Å². The summed E-state index contributed by atoms with van der Waals surface area (Å²) in [4.78, 5) is 22.1. The van der Waals surface area contributed by atoms with E-state index in [2.05, 4.69) is 31.1 Å². The van der Waals surface area contributed by atoms with Crippen molar-refractivity contribution in [2.24, 2.45) is 0 Å². The molecule has 6 rings (SSSR count). The normalized spacial score (nSPS) is 18.2.